The van der Waals surface area contributed by atoms with Crippen LogP contribution in [-0.2, 0) is 0 Å². The van der Waals surface area contributed by atoms with Crippen molar-refractivity contribution >= 4 is 22.3 Å². The molecule has 2 heterocycles. The maximum atomic E-state index is 4.67. The zero-order chi connectivity index (χ0) is 14.2. The first-order chi connectivity index (χ1) is 10.3. The molecule has 0 radical (unpaired) electrons. The molecule has 1 saturated heterocycles. The van der Waals surface area contributed by atoms with E-state index in [9.17, 15) is 0 Å². The standard InChI is InChI=1S/C17H22N4/c1-20-9-11-21(12-10-20)17-15-3-2-4-16(19-13-5-6-13)14(15)7-8-18-17/h2-4,7-8,13,19H,5-6,9-12H2,1H3. The molecule has 4 rings (SSSR count). The molecule has 110 valence electrons. The molecule has 1 aromatic carbocycles. The zero-order valence-electron chi connectivity index (χ0n) is 12.5. The average Bonchev–Trinajstić information content (AvgIpc) is 3.32. The Morgan fingerprint density at radius 2 is 1.86 bits per heavy atom. The summed E-state index contributed by atoms with van der Waals surface area (Å²) in [5.74, 6) is 1.14. The molecule has 0 amide bonds. The van der Waals surface area contributed by atoms with Gasteiger partial charge in [0, 0.05) is 54.9 Å². The molecule has 2 fully saturated rings. The molecule has 2 aromatic rings. The first kappa shape index (κ1) is 12.9. The van der Waals surface area contributed by atoms with Crippen LogP contribution in [0.4, 0.5) is 11.5 Å². The Bertz CT molecular complexity index is 642. The Balaban J connectivity index is 1.72. The van der Waals surface area contributed by atoms with Crippen LogP contribution in [0.2, 0.25) is 0 Å². The van der Waals surface area contributed by atoms with Crippen molar-refractivity contribution in [2.75, 3.05) is 43.4 Å². The lowest BCUT2D eigenvalue weighted by molar-refractivity contribution is 0.312. The van der Waals surface area contributed by atoms with Crippen molar-refractivity contribution in [2.24, 2.45) is 0 Å². The Morgan fingerprint density at radius 1 is 1.05 bits per heavy atom. The Morgan fingerprint density at radius 3 is 2.62 bits per heavy atom. The number of likely N-dealkylation sites (N-methyl/N-ethyl adjacent to an activating group) is 1. The Kier molecular flexibility index (Phi) is 3.19. The molecule has 0 spiro atoms. The van der Waals surface area contributed by atoms with E-state index in [1.807, 2.05) is 6.20 Å². The predicted octanol–water partition coefficient (Wildman–Crippen LogP) is 2.56. The van der Waals surface area contributed by atoms with Crippen molar-refractivity contribution in [3.63, 3.8) is 0 Å². The maximum Gasteiger partial charge on any atom is 0.136 e. The second kappa shape index (κ2) is 5.19. The molecule has 0 atom stereocenters. The highest BCUT2D eigenvalue weighted by atomic mass is 15.3. The molecule has 1 N–H and O–H groups in total. The van der Waals surface area contributed by atoms with Gasteiger partial charge in [0.05, 0.1) is 0 Å². The van der Waals surface area contributed by atoms with Crippen LogP contribution in [0.1, 0.15) is 12.8 Å². The van der Waals surface area contributed by atoms with Gasteiger partial charge in [-0.15, -0.1) is 0 Å². The summed E-state index contributed by atoms with van der Waals surface area (Å²) in [5.41, 5.74) is 1.26. The lowest BCUT2D eigenvalue weighted by atomic mass is 10.1. The first-order valence-corrected chi connectivity index (χ1v) is 7.89. The van der Waals surface area contributed by atoms with Crippen molar-refractivity contribution in [3.8, 4) is 0 Å². The van der Waals surface area contributed by atoms with Gasteiger partial charge in [0.2, 0.25) is 0 Å². The third-order valence-electron chi connectivity index (χ3n) is 4.52. The van der Waals surface area contributed by atoms with E-state index in [0.29, 0.717) is 6.04 Å². The highest BCUT2D eigenvalue weighted by molar-refractivity contribution is 6.00. The molecule has 4 nitrogen and oxygen atoms in total. The van der Waals surface area contributed by atoms with E-state index >= 15 is 0 Å². The van der Waals surface area contributed by atoms with Crippen LogP contribution in [-0.4, -0.2) is 49.2 Å². The number of benzene rings is 1. The number of nitrogens with one attached hydrogen (secondary N) is 1. The monoisotopic (exact) mass is 282 g/mol. The minimum atomic E-state index is 0.677. The molecule has 21 heavy (non-hydrogen) atoms. The second-order valence-corrected chi connectivity index (χ2v) is 6.24. The predicted molar refractivity (Wildman–Crippen MR) is 88.1 cm³/mol. The van der Waals surface area contributed by atoms with Gasteiger partial charge in [-0.2, -0.15) is 0 Å². The summed E-state index contributed by atoms with van der Waals surface area (Å²) < 4.78 is 0. The van der Waals surface area contributed by atoms with Gasteiger partial charge in [-0.05, 0) is 32.0 Å². The van der Waals surface area contributed by atoms with E-state index < -0.39 is 0 Å². The Labute approximate surface area is 125 Å². The number of fused-ring (bicyclic) bond motifs is 1. The number of hydrogen-bond acceptors (Lipinski definition) is 4. The van der Waals surface area contributed by atoms with Gasteiger partial charge in [-0.1, -0.05) is 12.1 Å². The van der Waals surface area contributed by atoms with Crippen LogP contribution < -0.4 is 10.2 Å². The fraction of sp³-hybridized carbons (Fsp3) is 0.471. The van der Waals surface area contributed by atoms with Crippen LogP contribution >= 0.6 is 0 Å². The van der Waals surface area contributed by atoms with Crippen molar-refractivity contribution in [1.82, 2.24) is 9.88 Å². The smallest absolute Gasteiger partial charge is 0.136 e. The van der Waals surface area contributed by atoms with Gasteiger partial charge < -0.3 is 15.1 Å². The largest absolute Gasteiger partial charge is 0.382 e. The summed E-state index contributed by atoms with van der Waals surface area (Å²) in [7, 11) is 2.19. The molecule has 1 aliphatic carbocycles. The normalized spacial score (nSPS) is 20.0. The van der Waals surface area contributed by atoms with Crippen molar-refractivity contribution < 1.29 is 0 Å². The van der Waals surface area contributed by atoms with Crippen molar-refractivity contribution in [2.45, 2.75) is 18.9 Å². The van der Waals surface area contributed by atoms with Gasteiger partial charge in [-0.25, -0.2) is 4.98 Å². The molecule has 4 heteroatoms. The summed E-state index contributed by atoms with van der Waals surface area (Å²) in [6.07, 6.45) is 4.55. The number of hydrogen-bond donors (Lipinski definition) is 1. The zero-order valence-corrected chi connectivity index (χ0v) is 12.5. The number of anilines is 2. The van der Waals surface area contributed by atoms with Crippen LogP contribution in [0.15, 0.2) is 30.5 Å². The quantitative estimate of drug-likeness (QED) is 0.937. The third-order valence-corrected chi connectivity index (χ3v) is 4.52. The van der Waals surface area contributed by atoms with Crippen LogP contribution in [0.3, 0.4) is 0 Å². The molecular weight excluding hydrogens is 260 g/mol. The van der Waals surface area contributed by atoms with Gasteiger partial charge in [0.25, 0.3) is 0 Å². The molecule has 0 unspecified atom stereocenters. The molecule has 1 aliphatic heterocycles. The fourth-order valence-corrected chi connectivity index (χ4v) is 3.04. The maximum absolute atomic E-state index is 4.67. The molecule has 2 aliphatic rings. The van der Waals surface area contributed by atoms with Gasteiger partial charge in [-0.3, -0.25) is 0 Å². The van der Waals surface area contributed by atoms with Gasteiger partial charge >= 0.3 is 0 Å². The van der Waals surface area contributed by atoms with E-state index in [-0.39, 0.29) is 0 Å². The molecule has 1 saturated carbocycles. The van der Waals surface area contributed by atoms with Gasteiger partial charge in [0.15, 0.2) is 0 Å². The minimum absolute atomic E-state index is 0.677. The van der Waals surface area contributed by atoms with Crippen LogP contribution in [0.5, 0.6) is 0 Å². The highest BCUT2D eigenvalue weighted by Crippen LogP contribution is 2.33. The second-order valence-electron chi connectivity index (χ2n) is 6.24. The van der Waals surface area contributed by atoms with Crippen LogP contribution in [0.25, 0.3) is 10.8 Å². The molecule has 1 aromatic heterocycles. The lowest BCUT2D eigenvalue weighted by Gasteiger charge is -2.33. The lowest BCUT2D eigenvalue weighted by Crippen LogP contribution is -2.44. The number of rotatable bonds is 3. The van der Waals surface area contributed by atoms with E-state index in [1.165, 1.54) is 29.3 Å². The Hall–Kier alpha value is -1.81. The minimum Gasteiger partial charge on any atom is -0.382 e. The molecular formula is C17H22N4. The summed E-state index contributed by atoms with van der Waals surface area (Å²) in [5, 5.41) is 6.21. The highest BCUT2D eigenvalue weighted by Gasteiger charge is 2.22. The molecule has 0 bridgehead atoms. The summed E-state index contributed by atoms with van der Waals surface area (Å²) in [6, 6.07) is 9.35. The topological polar surface area (TPSA) is 31.4 Å². The van der Waals surface area contributed by atoms with Gasteiger partial charge in [0.1, 0.15) is 5.82 Å². The average molecular weight is 282 g/mol. The van der Waals surface area contributed by atoms with E-state index in [4.69, 9.17) is 0 Å². The summed E-state index contributed by atoms with van der Waals surface area (Å²) >= 11 is 0. The third kappa shape index (κ3) is 2.56. The number of nitrogens with zero attached hydrogens (tertiary/aromatic N) is 3. The van der Waals surface area contributed by atoms with E-state index in [0.717, 1.165) is 32.0 Å². The van der Waals surface area contributed by atoms with Crippen molar-refractivity contribution in [1.29, 1.82) is 0 Å². The summed E-state index contributed by atoms with van der Waals surface area (Å²) in [4.78, 5) is 9.47. The van der Waals surface area contributed by atoms with E-state index in [1.54, 1.807) is 0 Å². The number of piperazine rings is 1. The fourth-order valence-electron chi connectivity index (χ4n) is 3.04. The number of pyridine rings is 1. The van der Waals surface area contributed by atoms with Crippen molar-refractivity contribution in [3.05, 3.63) is 30.5 Å². The van der Waals surface area contributed by atoms with E-state index in [2.05, 4.69) is 51.4 Å². The SMILES string of the molecule is CN1CCN(c2nccc3c(NC4CC4)cccc23)CC1. The summed E-state index contributed by atoms with van der Waals surface area (Å²) in [6.45, 7) is 4.34. The first-order valence-electron chi connectivity index (χ1n) is 7.89. The van der Waals surface area contributed by atoms with Crippen LogP contribution in [0, 0.1) is 0 Å². The number of aromatic nitrogens is 1.